The molecule has 0 saturated heterocycles. The molecule has 100 valence electrons. The summed E-state index contributed by atoms with van der Waals surface area (Å²) in [6.45, 7) is 6.52. The molecule has 0 bridgehead atoms. The zero-order valence-electron chi connectivity index (χ0n) is 11.6. The summed E-state index contributed by atoms with van der Waals surface area (Å²) >= 11 is 0. The number of hydrogen-bond acceptors (Lipinski definition) is 2. The zero-order valence-corrected chi connectivity index (χ0v) is 11.6. The van der Waals surface area contributed by atoms with Gasteiger partial charge in [0.1, 0.15) is 0 Å². The molecule has 3 heteroatoms. The van der Waals surface area contributed by atoms with Gasteiger partial charge in [0.05, 0.1) is 0 Å². The van der Waals surface area contributed by atoms with Crippen LogP contribution in [0.25, 0.3) is 0 Å². The van der Waals surface area contributed by atoms with Crippen molar-refractivity contribution in [1.29, 1.82) is 0 Å². The first kappa shape index (κ1) is 14.7. The van der Waals surface area contributed by atoms with Gasteiger partial charge in [0.2, 0.25) is 5.91 Å². The number of amides is 1. The van der Waals surface area contributed by atoms with Gasteiger partial charge >= 0.3 is 0 Å². The Kier molecular flexibility index (Phi) is 5.86. The Hall–Kier alpha value is -1.35. The van der Waals surface area contributed by atoms with E-state index in [1.165, 1.54) is 11.1 Å². The van der Waals surface area contributed by atoms with Crippen molar-refractivity contribution in [2.24, 2.45) is 11.7 Å². The highest BCUT2D eigenvalue weighted by atomic mass is 16.1. The van der Waals surface area contributed by atoms with Crippen molar-refractivity contribution in [3.05, 3.63) is 35.4 Å². The van der Waals surface area contributed by atoms with Crippen LogP contribution >= 0.6 is 0 Å². The van der Waals surface area contributed by atoms with E-state index in [1.807, 2.05) is 13.8 Å². The minimum atomic E-state index is -0.132. The predicted molar refractivity (Wildman–Crippen MR) is 75.3 cm³/mol. The molecule has 0 aliphatic carbocycles. The van der Waals surface area contributed by atoms with Crippen molar-refractivity contribution in [1.82, 2.24) is 5.32 Å². The third-order valence-corrected chi connectivity index (χ3v) is 3.35. The van der Waals surface area contributed by atoms with Gasteiger partial charge in [0, 0.05) is 18.5 Å². The minimum absolute atomic E-state index is 0.0372. The van der Waals surface area contributed by atoms with Crippen molar-refractivity contribution < 1.29 is 4.79 Å². The third-order valence-electron chi connectivity index (χ3n) is 3.35. The first-order valence-corrected chi connectivity index (χ1v) is 6.65. The number of hydrogen-bond donors (Lipinski definition) is 2. The average molecular weight is 248 g/mol. The van der Waals surface area contributed by atoms with Crippen LogP contribution in [0, 0.1) is 5.92 Å². The Balaban J connectivity index is 2.35. The Morgan fingerprint density at radius 3 is 2.28 bits per heavy atom. The number of nitrogens with one attached hydrogen (secondary N) is 1. The van der Waals surface area contributed by atoms with E-state index in [0.29, 0.717) is 6.54 Å². The van der Waals surface area contributed by atoms with Crippen LogP contribution in [0.1, 0.15) is 31.9 Å². The van der Waals surface area contributed by atoms with Crippen LogP contribution in [-0.4, -0.2) is 18.5 Å². The molecule has 1 aromatic rings. The smallest absolute Gasteiger partial charge is 0.224 e. The lowest BCUT2D eigenvalue weighted by Gasteiger charge is -2.15. The fourth-order valence-electron chi connectivity index (χ4n) is 1.67. The third kappa shape index (κ3) is 4.49. The number of nitrogens with two attached hydrogens (primary N) is 1. The standard InChI is InChI=1S/C15H24N2O/c1-4-13-5-7-14(8-6-13)9-10-17-15(18)11(2)12(3)16/h5-8,11-12H,4,9-10,16H2,1-3H3,(H,17,18). The fourth-order valence-corrected chi connectivity index (χ4v) is 1.67. The van der Waals surface area contributed by atoms with Crippen LogP contribution in [0.3, 0.4) is 0 Å². The maximum atomic E-state index is 11.7. The molecule has 2 unspecified atom stereocenters. The molecule has 1 amide bonds. The minimum Gasteiger partial charge on any atom is -0.355 e. The summed E-state index contributed by atoms with van der Waals surface area (Å²) in [5.41, 5.74) is 8.28. The van der Waals surface area contributed by atoms with Gasteiger partial charge in [0.15, 0.2) is 0 Å². The molecule has 3 N–H and O–H groups in total. The second kappa shape index (κ2) is 7.17. The molecule has 1 rings (SSSR count). The Labute approximate surface area is 110 Å². The highest BCUT2D eigenvalue weighted by molar-refractivity contribution is 5.78. The monoisotopic (exact) mass is 248 g/mol. The maximum Gasteiger partial charge on any atom is 0.224 e. The van der Waals surface area contributed by atoms with E-state index < -0.39 is 0 Å². The van der Waals surface area contributed by atoms with Gasteiger partial charge in [-0.25, -0.2) is 0 Å². The maximum absolute atomic E-state index is 11.7. The molecule has 2 atom stereocenters. The van der Waals surface area contributed by atoms with Crippen molar-refractivity contribution in [2.45, 2.75) is 39.7 Å². The van der Waals surface area contributed by atoms with Gasteiger partial charge in [-0.2, -0.15) is 0 Å². The first-order valence-electron chi connectivity index (χ1n) is 6.65. The van der Waals surface area contributed by atoms with Gasteiger partial charge in [0.25, 0.3) is 0 Å². The number of rotatable bonds is 6. The van der Waals surface area contributed by atoms with E-state index in [2.05, 4.69) is 36.5 Å². The van der Waals surface area contributed by atoms with E-state index in [4.69, 9.17) is 5.73 Å². The summed E-state index contributed by atoms with van der Waals surface area (Å²) in [4.78, 5) is 11.7. The summed E-state index contributed by atoms with van der Waals surface area (Å²) in [5, 5.41) is 2.92. The Morgan fingerprint density at radius 1 is 1.22 bits per heavy atom. The Bertz CT molecular complexity index is 371. The molecule has 0 spiro atoms. The van der Waals surface area contributed by atoms with Crippen LogP contribution in [0.2, 0.25) is 0 Å². The molecule has 0 radical (unpaired) electrons. The second-order valence-corrected chi connectivity index (χ2v) is 4.86. The second-order valence-electron chi connectivity index (χ2n) is 4.86. The van der Waals surface area contributed by atoms with E-state index in [-0.39, 0.29) is 17.9 Å². The van der Waals surface area contributed by atoms with Crippen molar-refractivity contribution in [3.8, 4) is 0 Å². The summed E-state index contributed by atoms with van der Waals surface area (Å²) in [5.74, 6) is -0.0948. The molecular weight excluding hydrogens is 224 g/mol. The van der Waals surface area contributed by atoms with E-state index in [0.717, 1.165) is 12.8 Å². The van der Waals surface area contributed by atoms with Crippen molar-refractivity contribution in [2.75, 3.05) is 6.54 Å². The van der Waals surface area contributed by atoms with Crippen molar-refractivity contribution in [3.63, 3.8) is 0 Å². The van der Waals surface area contributed by atoms with Crippen molar-refractivity contribution >= 4 is 5.91 Å². The summed E-state index contributed by atoms with van der Waals surface area (Å²) in [7, 11) is 0. The van der Waals surface area contributed by atoms with E-state index >= 15 is 0 Å². The van der Waals surface area contributed by atoms with Gasteiger partial charge in [-0.3, -0.25) is 4.79 Å². The van der Waals surface area contributed by atoms with E-state index in [1.54, 1.807) is 0 Å². The van der Waals surface area contributed by atoms with Gasteiger partial charge < -0.3 is 11.1 Å². The summed E-state index contributed by atoms with van der Waals surface area (Å²) < 4.78 is 0. The molecule has 0 heterocycles. The first-order chi connectivity index (χ1) is 8.54. The Morgan fingerprint density at radius 2 is 1.78 bits per heavy atom. The summed E-state index contributed by atoms with van der Waals surface area (Å²) in [6.07, 6.45) is 1.92. The number of aryl methyl sites for hydroxylation is 1. The fraction of sp³-hybridized carbons (Fsp3) is 0.533. The zero-order chi connectivity index (χ0) is 13.5. The normalized spacial score (nSPS) is 14.0. The molecule has 0 saturated carbocycles. The predicted octanol–water partition coefficient (Wildman–Crippen LogP) is 1.89. The van der Waals surface area contributed by atoms with Gasteiger partial charge in [-0.05, 0) is 30.9 Å². The van der Waals surface area contributed by atoms with Crippen LogP contribution in [0.15, 0.2) is 24.3 Å². The lowest BCUT2D eigenvalue weighted by molar-refractivity contribution is -0.124. The molecule has 3 nitrogen and oxygen atoms in total. The van der Waals surface area contributed by atoms with Crippen LogP contribution in [0.4, 0.5) is 0 Å². The number of carbonyl (C=O) groups is 1. The molecule has 1 aromatic carbocycles. The number of carbonyl (C=O) groups excluding carboxylic acids is 1. The molecule has 0 aliphatic rings. The molecule has 0 fully saturated rings. The van der Waals surface area contributed by atoms with Crippen LogP contribution in [0.5, 0.6) is 0 Å². The highest BCUT2D eigenvalue weighted by Crippen LogP contribution is 2.05. The van der Waals surface area contributed by atoms with E-state index in [9.17, 15) is 4.79 Å². The average Bonchev–Trinajstić information content (AvgIpc) is 2.38. The SMILES string of the molecule is CCc1ccc(CCNC(=O)C(C)C(C)N)cc1. The molecule has 18 heavy (non-hydrogen) atoms. The highest BCUT2D eigenvalue weighted by Gasteiger charge is 2.15. The number of benzene rings is 1. The van der Waals surface area contributed by atoms with Crippen LogP contribution < -0.4 is 11.1 Å². The molecule has 0 aromatic heterocycles. The molecule has 0 aliphatic heterocycles. The summed E-state index contributed by atoms with van der Waals surface area (Å²) in [6, 6.07) is 8.43. The molecular formula is C15H24N2O. The lowest BCUT2D eigenvalue weighted by atomic mass is 10.0. The largest absolute Gasteiger partial charge is 0.355 e. The lowest BCUT2D eigenvalue weighted by Crippen LogP contribution is -2.39. The topological polar surface area (TPSA) is 55.1 Å². The van der Waals surface area contributed by atoms with Gasteiger partial charge in [-0.1, -0.05) is 38.1 Å². The van der Waals surface area contributed by atoms with Gasteiger partial charge in [-0.15, -0.1) is 0 Å². The van der Waals surface area contributed by atoms with Crippen LogP contribution in [-0.2, 0) is 17.6 Å². The quantitative estimate of drug-likeness (QED) is 0.807.